The van der Waals surface area contributed by atoms with Gasteiger partial charge in [0.15, 0.2) is 0 Å². The van der Waals surface area contributed by atoms with E-state index in [9.17, 15) is 4.79 Å². The zero-order chi connectivity index (χ0) is 14.5. The maximum absolute atomic E-state index is 12.9. The second-order valence-electron chi connectivity index (χ2n) is 5.42. The number of nitrogens with zero attached hydrogens (tertiary/aromatic N) is 1. The van der Waals surface area contributed by atoms with Crippen LogP contribution >= 0.6 is 31.9 Å². The summed E-state index contributed by atoms with van der Waals surface area (Å²) in [6, 6.07) is 6.31. The second-order valence-corrected chi connectivity index (χ2v) is 7.00. The SMILES string of the molecule is Cc1cccc(C(=O)N(CCBr)C2CCCCC2)c1Br. The van der Waals surface area contributed by atoms with E-state index in [1.54, 1.807) is 0 Å². The number of carbonyl (C=O) groups excluding carboxylic acids is 1. The number of halogens is 2. The quantitative estimate of drug-likeness (QED) is 0.654. The lowest BCUT2D eigenvalue weighted by atomic mass is 9.93. The van der Waals surface area contributed by atoms with E-state index in [0.717, 1.165) is 40.3 Å². The van der Waals surface area contributed by atoms with Crippen LogP contribution in [0, 0.1) is 6.92 Å². The first-order valence-electron chi connectivity index (χ1n) is 7.27. The smallest absolute Gasteiger partial charge is 0.255 e. The van der Waals surface area contributed by atoms with Crippen molar-refractivity contribution in [3.05, 3.63) is 33.8 Å². The molecule has 1 aromatic carbocycles. The van der Waals surface area contributed by atoms with E-state index in [1.807, 2.05) is 25.1 Å². The summed E-state index contributed by atoms with van der Waals surface area (Å²) >= 11 is 7.05. The van der Waals surface area contributed by atoms with Gasteiger partial charge in [0.1, 0.15) is 0 Å². The van der Waals surface area contributed by atoms with Crippen molar-refractivity contribution < 1.29 is 4.79 Å². The number of amides is 1. The van der Waals surface area contributed by atoms with Crippen molar-refractivity contribution in [3.8, 4) is 0 Å². The van der Waals surface area contributed by atoms with Gasteiger partial charge in [-0.3, -0.25) is 4.79 Å². The van der Waals surface area contributed by atoms with Crippen LogP contribution in [0.5, 0.6) is 0 Å². The van der Waals surface area contributed by atoms with Crippen LogP contribution in [0.4, 0.5) is 0 Å². The summed E-state index contributed by atoms with van der Waals surface area (Å²) in [6.45, 7) is 2.81. The Morgan fingerprint density at radius 1 is 1.30 bits per heavy atom. The fourth-order valence-corrected chi connectivity index (χ4v) is 3.72. The van der Waals surface area contributed by atoms with Gasteiger partial charge < -0.3 is 4.90 Å². The summed E-state index contributed by atoms with van der Waals surface area (Å²) in [5, 5.41) is 0.832. The number of aryl methyl sites for hydroxylation is 1. The molecule has 0 N–H and O–H groups in total. The molecule has 1 fully saturated rings. The molecule has 0 heterocycles. The Kier molecular flexibility index (Phi) is 6.09. The van der Waals surface area contributed by atoms with Gasteiger partial charge in [-0.05, 0) is 47.3 Å². The first-order chi connectivity index (χ1) is 9.65. The summed E-state index contributed by atoms with van der Waals surface area (Å²) in [5.74, 6) is 0.159. The molecule has 2 rings (SSSR count). The Bertz CT molecular complexity index is 470. The largest absolute Gasteiger partial charge is 0.335 e. The molecule has 20 heavy (non-hydrogen) atoms. The molecular weight excluding hydrogens is 382 g/mol. The topological polar surface area (TPSA) is 20.3 Å². The van der Waals surface area contributed by atoms with Crippen LogP contribution in [0.15, 0.2) is 22.7 Å². The molecule has 1 aromatic rings. The van der Waals surface area contributed by atoms with Crippen molar-refractivity contribution in [3.63, 3.8) is 0 Å². The first-order valence-corrected chi connectivity index (χ1v) is 9.18. The standard InChI is InChI=1S/C16H21Br2NO/c1-12-6-5-9-14(15(12)18)16(20)19(11-10-17)13-7-3-2-4-8-13/h5-6,9,13H,2-4,7-8,10-11H2,1H3. The maximum atomic E-state index is 12.9. The lowest BCUT2D eigenvalue weighted by molar-refractivity contribution is 0.0650. The van der Waals surface area contributed by atoms with Gasteiger partial charge in [-0.25, -0.2) is 0 Å². The summed E-state index contributed by atoms with van der Waals surface area (Å²) in [6.07, 6.45) is 6.07. The Morgan fingerprint density at radius 2 is 2.00 bits per heavy atom. The van der Waals surface area contributed by atoms with Crippen molar-refractivity contribution in [1.29, 1.82) is 0 Å². The summed E-state index contributed by atoms with van der Waals surface area (Å²) in [4.78, 5) is 14.9. The van der Waals surface area contributed by atoms with E-state index in [1.165, 1.54) is 19.3 Å². The molecule has 0 saturated heterocycles. The third kappa shape index (κ3) is 3.64. The van der Waals surface area contributed by atoms with Crippen LogP contribution in [-0.2, 0) is 0 Å². The van der Waals surface area contributed by atoms with Gasteiger partial charge in [0.25, 0.3) is 5.91 Å². The Labute approximate surface area is 138 Å². The van der Waals surface area contributed by atoms with Gasteiger partial charge in [0.2, 0.25) is 0 Å². The monoisotopic (exact) mass is 401 g/mol. The number of hydrogen-bond acceptors (Lipinski definition) is 1. The van der Waals surface area contributed by atoms with Crippen molar-refractivity contribution in [2.24, 2.45) is 0 Å². The molecule has 0 atom stereocenters. The first kappa shape index (κ1) is 16.0. The normalized spacial score (nSPS) is 16.1. The molecule has 0 aliphatic heterocycles. The number of benzene rings is 1. The minimum atomic E-state index is 0.159. The van der Waals surface area contributed by atoms with Crippen molar-refractivity contribution in [1.82, 2.24) is 4.90 Å². The molecule has 1 saturated carbocycles. The van der Waals surface area contributed by atoms with E-state index >= 15 is 0 Å². The van der Waals surface area contributed by atoms with Gasteiger partial charge in [0.05, 0.1) is 5.56 Å². The van der Waals surface area contributed by atoms with Gasteiger partial charge >= 0.3 is 0 Å². The molecule has 1 amide bonds. The molecule has 0 bridgehead atoms. The second kappa shape index (κ2) is 7.60. The van der Waals surface area contributed by atoms with Crippen LogP contribution in [0.1, 0.15) is 48.0 Å². The highest BCUT2D eigenvalue weighted by Crippen LogP contribution is 2.27. The van der Waals surface area contributed by atoms with Crippen molar-refractivity contribution >= 4 is 37.8 Å². The Morgan fingerprint density at radius 3 is 2.65 bits per heavy atom. The van der Waals surface area contributed by atoms with E-state index in [-0.39, 0.29) is 5.91 Å². The van der Waals surface area contributed by atoms with Crippen LogP contribution in [0.25, 0.3) is 0 Å². The molecular formula is C16H21Br2NO. The zero-order valence-corrected chi connectivity index (χ0v) is 15.0. The van der Waals surface area contributed by atoms with Crippen LogP contribution in [-0.4, -0.2) is 28.7 Å². The molecule has 1 aliphatic carbocycles. The highest BCUT2D eigenvalue weighted by atomic mass is 79.9. The molecule has 110 valence electrons. The number of rotatable bonds is 4. The van der Waals surface area contributed by atoms with Crippen LogP contribution in [0.3, 0.4) is 0 Å². The highest BCUT2D eigenvalue weighted by Gasteiger charge is 2.26. The average Bonchev–Trinajstić information content (AvgIpc) is 2.48. The molecule has 4 heteroatoms. The van der Waals surface area contributed by atoms with Gasteiger partial charge in [0, 0.05) is 22.4 Å². The average molecular weight is 403 g/mol. The Hall–Kier alpha value is -0.350. The number of hydrogen-bond donors (Lipinski definition) is 0. The van der Waals surface area contributed by atoms with E-state index in [0.29, 0.717) is 6.04 Å². The van der Waals surface area contributed by atoms with Crippen molar-refractivity contribution in [2.75, 3.05) is 11.9 Å². The predicted molar refractivity (Wildman–Crippen MR) is 90.6 cm³/mol. The number of alkyl halides is 1. The maximum Gasteiger partial charge on any atom is 0.255 e. The lowest BCUT2D eigenvalue weighted by Crippen LogP contribution is -2.42. The summed E-state index contributed by atoms with van der Waals surface area (Å²) in [5.41, 5.74) is 1.90. The zero-order valence-electron chi connectivity index (χ0n) is 11.9. The fourth-order valence-electron chi connectivity index (χ4n) is 2.90. The lowest BCUT2D eigenvalue weighted by Gasteiger charge is -2.34. The third-order valence-corrected chi connectivity index (χ3v) is 5.43. The van der Waals surface area contributed by atoms with E-state index in [2.05, 4.69) is 36.8 Å². The summed E-state index contributed by atoms with van der Waals surface area (Å²) < 4.78 is 0.931. The van der Waals surface area contributed by atoms with E-state index in [4.69, 9.17) is 0 Å². The fraction of sp³-hybridized carbons (Fsp3) is 0.562. The minimum absolute atomic E-state index is 0.159. The minimum Gasteiger partial charge on any atom is -0.335 e. The molecule has 1 aliphatic rings. The van der Waals surface area contributed by atoms with Gasteiger partial charge in [-0.15, -0.1) is 0 Å². The van der Waals surface area contributed by atoms with Gasteiger partial charge in [-0.2, -0.15) is 0 Å². The third-order valence-electron chi connectivity index (χ3n) is 4.02. The molecule has 0 unspecified atom stereocenters. The van der Waals surface area contributed by atoms with Gasteiger partial charge in [-0.1, -0.05) is 47.3 Å². The summed E-state index contributed by atoms with van der Waals surface area (Å²) in [7, 11) is 0. The van der Waals surface area contributed by atoms with Crippen LogP contribution in [0.2, 0.25) is 0 Å². The van der Waals surface area contributed by atoms with Crippen LogP contribution < -0.4 is 0 Å². The highest BCUT2D eigenvalue weighted by molar-refractivity contribution is 9.10. The predicted octanol–water partition coefficient (Wildman–Crippen LogP) is 4.93. The molecule has 2 nitrogen and oxygen atoms in total. The number of carbonyl (C=O) groups is 1. The van der Waals surface area contributed by atoms with E-state index < -0.39 is 0 Å². The molecule has 0 aromatic heterocycles. The molecule has 0 radical (unpaired) electrons. The Balaban J connectivity index is 2.23. The van der Waals surface area contributed by atoms with Crippen molar-refractivity contribution in [2.45, 2.75) is 45.1 Å². The molecule has 0 spiro atoms.